The SMILES string of the molecule is COc1ccc2c(c1)OC(C)(C)C(Cc1ccc(C(F)(F)F)o1)[C@]21C(=O)Nc2ccccc21. The maximum absolute atomic E-state index is 13.8. The van der Waals surface area contributed by atoms with Gasteiger partial charge in [0.1, 0.15) is 28.3 Å². The van der Waals surface area contributed by atoms with E-state index in [4.69, 9.17) is 13.9 Å². The lowest BCUT2D eigenvalue weighted by Crippen LogP contribution is -2.58. The molecule has 172 valence electrons. The van der Waals surface area contributed by atoms with Gasteiger partial charge in [-0.25, -0.2) is 0 Å². The summed E-state index contributed by atoms with van der Waals surface area (Å²) in [5, 5.41) is 2.97. The van der Waals surface area contributed by atoms with Crippen molar-refractivity contribution in [2.75, 3.05) is 12.4 Å². The number of nitrogens with one attached hydrogen (secondary N) is 1. The van der Waals surface area contributed by atoms with E-state index in [0.29, 0.717) is 22.7 Å². The lowest BCUT2D eigenvalue weighted by molar-refractivity contribution is -0.153. The number of carbonyl (C=O) groups excluding carboxylic acids is 1. The third kappa shape index (κ3) is 3.11. The van der Waals surface area contributed by atoms with E-state index in [1.54, 1.807) is 25.3 Å². The molecule has 0 fully saturated rings. The molecule has 2 aliphatic heterocycles. The van der Waals surface area contributed by atoms with Crippen LogP contribution < -0.4 is 14.8 Å². The number of carbonyl (C=O) groups is 1. The van der Waals surface area contributed by atoms with Gasteiger partial charge >= 0.3 is 6.18 Å². The highest BCUT2D eigenvalue weighted by Gasteiger charge is 2.62. The van der Waals surface area contributed by atoms with E-state index < -0.39 is 28.9 Å². The Bertz CT molecular complexity index is 1250. The molecule has 3 aromatic rings. The average molecular weight is 457 g/mol. The number of methoxy groups -OCH3 is 1. The maximum atomic E-state index is 13.8. The van der Waals surface area contributed by atoms with Crippen molar-refractivity contribution in [3.63, 3.8) is 0 Å². The summed E-state index contributed by atoms with van der Waals surface area (Å²) in [5.74, 6) is -0.676. The van der Waals surface area contributed by atoms with Gasteiger partial charge in [-0.15, -0.1) is 0 Å². The maximum Gasteiger partial charge on any atom is 0.449 e. The first kappa shape index (κ1) is 21.4. The van der Waals surface area contributed by atoms with Gasteiger partial charge in [-0.2, -0.15) is 13.2 Å². The minimum absolute atomic E-state index is 0.0658. The Balaban J connectivity index is 1.73. The summed E-state index contributed by atoms with van der Waals surface area (Å²) in [5.41, 5.74) is -0.0599. The van der Waals surface area contributed by atoms with Crippen LogP contribution in [0.2, 0.25) is 0 Å². The largest absolute Gasteiger partial charge is 0.497 e. The van der Waals surface area contributed by atoms with Crippen molar-refractivity contribution in [3.8, 4) is 11.5 Å². The fourth-order valence-electron chi connectivity index (χ4n) is 5.24. The second-order valence-corrected chi connectivity index (χ2v) is 8.90. The minimum Gasteiger partial charge on any atom is -0.497 e. The highest BCUT2D eigenvalue weighted by molar-refractivity contribution is 6.09. The predicted molar refractivity (Wildman–Crippen MR) is 114 cm³/mol. The standard InChI is InChI=1S/C25H22F3NO4/c1-23(2)20(13-15-9-11-21(32-15)25(26,27)28)24(16-6-4-5-7-18(16)29-22(24)30)17-10-8-14(31-3)12-19(17)33-23/h4-12,20H,13H2,1-3H3,(H,29,30)/t20?,24-/m1/s1. The smallest absolute Gasteiger partial charge is 0.449 e. The monoisotopic (exact) mass is 457 g/mol. The van der Waals surface area contributed by atoms with E-state index in [1.165, 1.54) is 6.07 Å². The molecule has 1 unspecified atom stereocenters. The van der Waals surface area contributed by atoms with Crippen LogP contribution in [0.25, 0.3) is 0 Å². The van der Waals surface area contributed by atoms with E-state index in [0.717, 1.165) is 11.6 Å². The van der Waals surface area contributed by atoms with E-state index in [2.05, 4.69) is 5.32 Å². The van der Waals surface area contributed by atoms with E-state index in [-0.39, 0.29) is 18.1 Å². The van der Waals surface area contributed by atoms with Gasteiger partial charge < -0.3 is 19.2 Å². The molecule has 1 amide bonds. The van der Waals surface area contributed by atoms with Crippen LogP contribution in [-0.2, 0) is 22.8 Å². The summed E-state index contributed by atoms with van der Waals surface area (Å²) in [6.45, 7) is 3.67. The molecular formula is C25H22F3NO4. The van der Waals surface area contributed by atoms with E-state index >= 15 is 0 Å². The number of amides is 1. The molecule has 3 heterocycles. The number of para-hydroxylation sites is 1. The van der Waals surface area contributed by atoms with Crippen LogP contribution in [0.5, 0.6) is 11.5 Å². The highest BCUT2D eigenvalue weighted by atomic mass is 19.4. The van der Waals surface area contributed by atoms with Crippen molar-refractivity contribution in [3.05, 3.63) is 77.2 Å². The van der Waals surface area contributed by atoms with E-state index in [1.807, 2.05) is 38.1 Å². The summed E-state index contributed by atoms with van der Waals surface area (Å²) in [6.07, 6.45) is -4.52. The molecule has 2 aliphatic rings. The van der Waals surface area contributed by atoms with Gasteiger partial charge in [-0.05, 0) is 43.7 Å². The average Bonchev–Trinajstić information content (AvgIpc) is 3.34. The van der Waals surface area contributed by atoms with Crippen LogP contribution in [0, 0.1) is 5.92 Å². The normalized spacial score (nSPS) is 23.0. The Hall–Kier alpha value is -3.42. The third-order valence-corrected chi connectivity index (χ3v) is 6.65. The van der Waals surface area contributed by atoms with Gasteiger partial charge in [0, 0.05) is 29.7 Å². The Morgan fingerprint density at radius 2 is 1.82 bits per heavy atom. The summed E-state index contributed by atoms with van der Waals surface area (Å²) in [7, 11) is 1.54. The second-order valence-electron chi connectivity index (χ2n) is 8.90. The van der Waals surface area contributed by atoms with Crippen molar-refractivity contribution in [2.45, 2.75) is 37.5 Å². The number of alkyl halides is 3. The molecule has 1 spiro atoms. The molecule has 8 heteroatoms. The zero-order chi connectivity index (χ0) is 23.6. The number of fused-ring (bicyclic) bond motifs is 4. The first-order valence-electron chi connectivity index (χ1n) is 10.5. The van der Waals surface area contributed by atoms with Crippen molar-refractivity contribution < 1.29 is 31.9 Å². The van der Waals surface area contributed by atoms with Crippen LogP contribution in [0.15, 0.2) is 59.0 Å². The third-order valence-electron chi connectivity index (χ3n) is 6.65. The molecule has 5 nitrogen and oxygen atoms in total. The molecule has 33 heavy (non-hydrogen) atoms. The number of rotatable bonds is 3. The summed E-state index contributed by atoms with van der Waals surface area (Å²) < 4.78 is 56.3. The second kappa shape index (κ2) is 7.04. The molecule has 1 N–H and O–H groups in total. The summed E-state index contributed by atoms with van der Waals surface area (Å²) in [6, 6.07) is 14.9. The molecule has 5 rings (SSSR count). The molecule has 2 aromatic carbocycles. The van der Waals surface area contributed by atoms with Crippen LogP contribution >= 0.6 is 0 Å². The molecule has 0 radical (unpaired) electrons. The fourth-order valence-corrected chi connectivity index (χ4v) is 5.24. The van der Waals surface area contributed by atoms with Gasteiger partial charge in [-0.3, -0.25) is 4.79 Å². The molecule has 0 aliphatic carbocycles. The predicted octanol–water partition coefficient (Wildman–Crippen LogP) is 5.58. The summed E-state index contributed by atoms with van der Waals surface area (Å²) >= 11 is 0. The van der Waals surface area contributed by atoms with Gasteiger partial charge in [-0.1, -0.05) is 24.3 Å². The first-order valence-corrected chi connectivity index (χ1v) is 10.5. The topological polar surface area (TPSA) is 60.7 Å². The minimum atomic E-state index is -4.59. The Kier molecular flexibility index (Phi) is 4.57. The molecule has 0 saturated heterocycles. The summed E-state index contributed by atoms with van der Waals surface area (Å²) in [4.78, 5) is 13.8. The number of hydrogen-bond donors (Lipinski definition) is 1. The quantitative estimate of drug-likeness (QED) is 0.558. The number of furan rings is 1. The number of hydrogen-bond acceptors (Lipinski definition) is 4. The van der Waals surface area contributed by atoms with Crippen LogP contribution in [0.3, 0.4) is 0 Å². The lowest BCUT2D eigenvalue weighted by atomic mass is 9.58. The lowest BCUT2D eigenvalue weighted by Gasteiger charge is -2.50. The first-order chi connectivity index (χ1) is 15.6. The van der Waals surface area contributed by atoms with Crippen LogP contribution in [0.4, 0.5) is 18.9 Å². The van der Waals surface area contributed by atoms with Gasteiger partial charge in [0.05, 0.1) is 7.11 Å². The highest BCUT2D eigenvalue weighted by Crippen LogP contribution is 2.58. The number of benzene rings is 2. The van der Waals surface area contributed by atoms with Crippen molar-refractivity contribution >= 4 is 11.6 Å². The zero-order valence-corrected chi connectivity index (χ0v) is 18.2. The number of ether oxygens (including phenoxy) is 2. The molecule has 0 bridgehead atoms. The van der Waals surface area contributed by atoms with Crippen LogP contribution in [0.1, 0.15) is 36.5 Å². The number of anilines is 1. The molecule has 2 atom stereocenters. The van der Waals surface area contributed by atoms with Crippen molar-refractivity contribution in [1.82, 2.24) is 0 Å². The van der Waals surface area contributed by atoms with Crippen molar-refractivity contribution in [2.24, 2.45) is 5.92 Å². The van der Waals surface area contributed by atoms with Crippen LogP contribution in [-0.4, -0.2) is 18.6 Å². The van der Waals surface area contributed by atoms with Gasteiger partial charge in [0.25, 0.3) is 0 Å². The van der Waals surface area contributed by atoms with Gasteiger partial charge in [0.15, 0.2) is 0 Å². The van der Waals surface area contributed by atoms with E-state index in [9.17, 15) is 18.0 Å². The fraction of sp³-hybridized carbons (Fsp3) is 0.320. The zero-order valence-electron chi connectivity index (χ0n) is 18.2. The molecule has 1 aromatic heterocycles. The Labute approximate surface area is 188 Å². The van der Waals surface area contributed by atoms with Gasteiger partial charge in [0.2, 0.25) is 11.7 Å². The molecular weight excluding hydrogens is 435 g/mol. The van der Waals surface area contributed by atoms with Crippen molar-refractivity contribution in [1.29, 1.82) is 0 Å². The number of halogens is 3. The Morgan fingerprint density at radius 3 is 2.52 bits per heavy atom. The molecule has 0 saturated carbocycles. The Morgan fingerprint density at radius 1 is 1.06 bits per heavy atom.